The highest BCUT2D eigenvalue weighted by atomic mass is 35.5. The minimum atomic E-state index is -0.340. The Morgan fingerprint density at radius 2 is 1.68 bits per heavy atom. The summed E-state index contributed by atoms with van der Waals surface area (Å²) in [5.74, 6) is -0.304. The van der Waals surface area contributed by atoms with Crippen molar-refractivity contribution < 1.29 is 4.39 Å². The zero-order valence-electron chi connectivity index (χ0n) is 11.3. The molecule has 2 N–H and O–H groups in total. The van der Waals surface area contributed by atoms with Crippen molar-refractivity contribution in [1.29, 1.82) is 0 Å². The lowest BCUT2D eigenvalue weighted by Crippen LogP contribution is -2.14. The second-order valence-electron chi connectivity index (χ2n) is 4.96. The fourth-order valence-electron chi connectivity index (χ4n) is 2.26. The summed E-state index contributed by atoms with van der Waals surface area (Å²) in [7, 11) is 0. The van der Waals surface area contributed by atoms with Gasteiger partial charge in [0.2, 0.25) is 0 Å². The van der Waals surface area contributed by atoms with Crippen molar-refractivity contribution in [3.63, 3.8) is 0 Å². The summed E-state index contributed by atoms with van der Waals surface area (Å²) in [5.41, 5.74) is 10.9. The van der Waals surface area contributed by atoms with Crippen LogP contribution in [0, 0.1) is 26.6 Å². The predicted octanol–water partition coefficient (Wildman–Crippen LogP) is 4.45. The Kier molecular flexibility index (Phi) is 3.93. The Morgan fingerprint density at radius 3 is 2.32 bits per heavy atom. The molecule has 0 fully saturated rings. The van der Waals surface area contributed by atoms with Gasteiger partial charge in [-0.05, 0) is 55.2 Å². The van der Waals surface area contributed by atoms with Crippen molar-refractivity contribution in [2.24, 2.45) is 5.73 Å². The zero-order valence-corrected chi connectivity index (χ0v) is 12.1. The molecule has 0 spiro atoms. The molecular weight excluding hydrogens is 261 g/mol. The summed E-state index contributed by atoms with van der Waals surface area (Å²) in [5, 5.41) is 0.371. The van der Waals surface area contributed by atoms with E-state index in [0.717, 1.165) is 16.7 Å². The van der Waals surface area contributed by atoms with Crippen LogP contribution in [0.4, 0.5) is 4.39 Å². The third kappa shape index (κ3) is 2.80. The molecule has 0 aliphatic rings. The quantitative estimate of drug-likeness (QED) is 0.862. The first-order valence-corrected chi connectivity index (χ1v) is 6.56. The average molecular weight is 278 g/mol. The molecule has 0 saturated heterocycles. The van der Waals surface area contributed by atoms with Gasteiger partial charge in [0, 0.05) is 5.02 Å². The van der Waals surface area contributed by atoms with Gasteiger partial charge in [-0.1, -0.05) is 35.4 Å². The van der Waals surface area contributed by atoms with Crippen LogP contribution in [-0.2, 0) is 0 Å². The molecule has 100 valence electrons. The highest BCUT2D eigenvalue weighted by molar-refractivity contribution is 6.31. The van der Waals surface area contributed by atoms with Crippen LogP contribution in [0.1, 0.15) is 33.9 Å². The van der Waals surface area contributed by atoms with Crippen LogP contribution >= 0.6 is 11.6 Å². The van der Waals surface area contributed by atoms with E-state index in [0.29, 0.717) is 10.6 Å². The number of halogens is 2. The predicted molar refractivity (Wildman–Crippen MR) is 78.1 cm³/mol. The van der Waals surface area contributed by atoms with Gasteiger partial charge in [-0.25, -0.2) is 4.39 Å². The number of rotatable bonds is 2. The first-order chi connectivity index (χ1) is 8.90. The monoisotopic (exact) mass is 277 g/mol. The molecular formula is C16H17ClFN. The Balaban J connectivity index is 2.49. The van der Waals surface area contributed by atoms with Crippen LogP contribution in [0.25, 0.3) is 0 Å². The molecule has 0 aliphatic heterocycles. The topological polar surface area (TPSA) is 26.0 Å². The first-order valence-electron chi connectivity index (χ1n) is 6.18. The molecule has 0 bridgehead atoms. The minimum absolute atomic E-state index is 0.304. The van der Waals surface area contributed by atoms with Gasteiger partial charge < -0.3 is 5.73 Å². The first kappa shape index (κ1) is 14.0. The zero-order chi connectivity index (χ0) is 14.2. The Hall–Kier alpha value is -1.38. The normalized spacial score (nSPS) is 12.5. The number of nitrogens with two attached hydrogens (primary N) is 1. The van der Waals surface area contributed by atoms with Crippen molar-refractivity contribution in [1.82, 2.24) is 0 Å². The molecule has 3 heteroatoms. The van der Waals surface area contributed by atoms with Gasteiger partial charge in [-0.2, -0.15) is 0 Å². The molecule has 0 amide bonds. The van der Waals surface area contributed by atoms with Crippen LogP contribution < -0.4 is 5.73 Å². The maximum Gasteiger partial charge on any atom is 0.127 e. The number of aryl methyl sites for hydroxylation is 3. The van der Waals surface area contributed by atoms with E-state index in [1.54, 1.807) is 13.0 Å². The van der Waals surface area contributed by atoms with Crippen LogP contribution in [-0.4, -0.2) is 0 Å². The van der Waals surface area contributed by atoms with E-state index in [4.69, 9.17) is 17.3 Å². The van der Waals surface area contributed by atoms with E-state index in [9.17, 15) is 4.39 Å². The van der Waals surface area contributed by atoms with Gasteiger partial charge in [0.05, 0.1) is 6.04 Å². The molecule has 0 saturated carbocycles. The van der Waals surface area contributed by atoms with Crippen molar-refractivity contribution in [2.75, 3.05) is 0 Å². The maximum absolute atomic E-state index is 13.4. The molecule has 2 aromatic rings. The molecule has 2 rings (SSSR count). The maximum atomic E-state index is 13.4. The highest BCUT2D eigenvalue weighted by Crippen LogP contribution is 2.30. The Labute approximate surface area is 118 Å². The van der Waals surface area contributed by atoms with Gasteiger partial charge in [0.15, 0.2) is 0 Å². The Morgan fingerprint density at radius 1 is 1.00 bits per heavy atom. The van der Waals surface area contributed by atoms with Crippen LogP contribution in [0.15, 0.2) is 30.3 Å². The van der Waals surface area contributed by atoms with E-state index in [2.05, 4.69) is 6.07 Å². The molecule has 1 atom stereocenters. The molecule has 0 heterocycles. The van der Waals surface area contributed by atoms with E-state index in [-0.39, 0.29) is 11.9 Å². The lowest BCUT2D eigenvalue weighted by molar-refractivity contribution is 0.617. The molecule has 0 radical (unpaired) electrons. The SMILES string of the molecule is Cc1ccc(C(N)c2cc(C)c(F)cc2Cl)c(C)c1. The minimum Gasteiger partial charge on any atom is -0.320 e. The third-order valence-electron chi connectivity index (χ3n) is 3.37. The number of hydrogen-bond donors (Lipinski definition) is 1. The van der Waals surface area contributed by atoms with Crippen molar-refractivity contribution in [3.05, 3.63) is 69.0 Å². The second-order valence-corrected chi connectivity index (χ2v) is 5.37. The average Bonchev–Trinajstić information content (AvgIpc) is 2.33. The van der Waals surface area contributed by atoms with E-state index < -0.39 is 0 Å². The van der Waals surface area contributed by atoms with Gasteiger partial charge in [0.25, 0.3) is 0 Å². The summed E-state index contributed by atoms with van der Waals surface area (Å²) >= 11 is 6.11. The van der Waals surface area contributed by atoms with Crippen molar-refractivity contribution in [2.45, 2.75) is 26.8 Å². The van der Waals surface area contributed by atoms with Gasteiger partial charge in [-0.3, -0.25) is 0 Å². The fraction of sp³-hybridized carbons (Fsp3) is 0.250. The second kappa shape index (κ2) is 5.32. The van der Waals surface area contributed by atoms with Crippen LogP contribution in [0.5, 0.6) is 0 Å². The number of hydrogen-bond acceptors (Lipinski definition) is 1. The van der Waals surface area contributed by atoms with Gasteiger partial charge in [-0.15, -0.1) is 0 Å². The molecule has 19 heavy (non-hydrogen) atoms. The highest BCUT2D eigenvalue weighted by Gasteiger charge is 2.16. The standard InChI is InChI=1S/C16H17ClFN/c1-9-4-5-12(10(2)6-9)16(19)13-7-11(3)15(18)8-14(13)17/h4-8,16H,19H2,1-3H3. The van der Waals surface area contributed by atoms with E-state index in [1.807, 2.05) is 26.0 Å². The molecule has 0 aliphatic carbocycles. The summed E-state index contributed by atoms with van der Waals surface area (Å²) in [4.78, 5) is 0. The smallest absolute Gasteiger partial charge is 0.127 e. The van der Waals surface area contributed by atoms with Crippen LogP contribution in [0.3, 0.4) is 0 Å². The lowest BCUT2D eigenvalue weighted by atomic mass is 9.93. The third-order valence-corrected chi connectivity index (χ3v) is 3.70. The summed E-state index contributed by atoms with van der Waals surface area (Å²) in [6, 6.07) is 8.82. The molecule has 1 nitrogen and oxygen atoms in total. The fourth-order valence-corrected chi connectivity index (χ4v) is 2.53. The summed E-state index contributed by atoms with van der Waals surface area (Å²) in [6.07, 6.45) is 0. The molecule has 2 aromatic carbocycles. The van der Waals surface area contributed by atoms with Crippen molar-refractivity contribution in [3.8, 4) is 0 Å². The molecule has 0 aromatic heterocycles. The summed E-state index contributed by atoms with van der Waals surface area (Å²) in [6.45, 7) is 5.77. The van der Waals surface area contributed by atoms with E-state index >= 15 is 0 Å². The van der Waals surface area contributed by atoms with Gasteiger partial charge >= 0.3 is 0 Å². The summed E-state index contributed by atoms with van der Waals surface area (Å²) < 4.78 is 13.4. The van der Waals surface area contributed by atoms with Crippen LogP contribution in [0.2, 0.25) is 5.02 Å². The number of benzene rings is 2. The lowest BCUT2D eigenvalue weighted by Gasteiger charge is -2.18. The van der Waals surface area contributed by atoms with Crippen molar-refractivity contribution >= 4 is 11.6 Å². The largest absolute Gasteiger partial charge is 0.320 e. The van der Waals surface area contributed by atoms with Gasteiger partial charge in [0.1, 0.15) is 5.82 Å². The Bertz CT molecular complexity index is 622. The van der Waals surface area contributed by atoms with E-state index in [1.165, 1.54) is 11.6 Å². The molecule has 1 unspecified atom stereocenters.